The molecular formula is C20H16O. The van der Waals surface area contributed by atoms with Gasteiger partial charge in [0.15, 0.2) is 5.78 Å². The summed E-state index contributed by atoms with van der Waals surface area (Å²) in [5, 5.41) is 2.21. The first-order chi connectivity index (χ1) is 10.2. The van der Waals surface area contributed by atoms with Crippen LogP contribution in [0.2, 0.25) is 0 Å². The molecule has 21 heavy (non-hydrogen) atoms. The van der Waals surface area contributed by atoms with E-state index in [0.717, 1.165) is 39.4 Å². The largest absolute Gasteiger partial charge is 0.289 e. The van der Waals surface area contributed by atoms with Crippen LogP contribution in [0.25, 0.3) is 21.9 Å². The van der Waals surface area contributed by atoms with E-state index in [2.05, 4.69) is 62.4 Å². The topological polar surface area (TPSA) is 17.1 Å². The third kappa shape index (κ3) is 1.67. The number of rotatable bonds is 1. The summed E-state index contributed by atoms with van der Waals surface area (Å²) in [6.45, 7) is 4.20. The molecule has 0 aromatic heterocycles. The molecule has 0 aliphatic heterocycles. The van der Waals surface area contributed by atoms with Crippen molar-refractivity contribution in [2.75, 3.05) is 0 Å². The Morgan fingerprint density at radius 3 is 2.48 bits per heavy atom. The SMILES string of the molecule is CCc1ccc2c(c1)C(=O)c1c-2ccc2cc(C)ccc12. The maximum absolute atomic E-state index is 12.9. The van der Waals surface area contributed by atoms with Crippen LogP contribution < -0.4 is 0 Å². The third-order valence-electron chi connectivity index (χ3n) is 4.43. The highest BCUT2D eigenvalue weighted by Gasteiger charge is 2.28. The second-order valence-corrected chi connectivity index (χ2v) is 5.78. The first-order valence-electron chi connectivity index (χ1n) is 7.40. The van der Waals surface area contributed by atoms with Crippen molar-refractivity contribution in [3.63, 3.8) is 0 Å². The van der Waals surface area contributed by atoms with Crippen LogP contribution >= 0.6 is 0 Å². The van der Waals surface area contributed by atoms with Gasteiger partial charge in [-0.1, -0.05) is 55.0 Å². The second kappa shape index (κ2) is 4.29. The van der Waals surface area contributed by atoms with E-state index < -0.39 is 0 Å². The normalized spacial score (nSPS) is 12.6. The molecule has 0 atom stereocenters. The molecule has 1 heteroatoms. The Morgan fingerprint density at radius 1 is 0.857 bits per heavy atom. The molecule has 1 nitrogen and oxygen atoms in total. The molecule has 0 radical (unpaired) electrons. The van der Waals surface area contributed by atoms with E-state index in [9.17, 15) is 4.79 Å². The van der Waals surface area contributed by atoms with Crippen LogP contribution in [0.15, 0.2) is 48.5 Å². The van der Waals surface area contributed by atoms with Crippen LogP contribution in [0, 0.1) is 6.92 Å². The van der Waals surface area contributed by atoms with Gasteiger partial charge in [-0.05, 0) is 46.9 Å². The number of aryl methyl sites for hydroxylation is 2. The summed E-state index contributed by atoms with van der Waals surface area (Å²) in [5.41, 5.74) is 6.32. The molecule has 0 unspecified atom stereocenters. The van der Waals surface area contributed by atoms with Crippen molar-refractivity contribution >= 4 is 16.6 Å². The number of benzene rings is 3. The lowest BCUT2D eigenvalue weighted by Gasteiger charge is -2.05. The van der Waals surface area contributed by atoms with Crippen molar-refractivity contribution in [3.8, 4) is 11.1 Å². The molecule has 3 aromatic rings. The molecule has 0 heterocycles. The first kappa shape index (κ1) is 12.3. The molecule has 102 valence electrons. The highest BCUT2D eigenvalue weighted by molar-refractivity contribution is 6.27. The second-order valence-electron chi connectivity index (χ2n) is 5.78. The number of carbonyl (C=O) groups excluding carboxylic acids is 1. The minimum atomic E-state index is 0.171. The molecule has 0 spiro atoms. The summed E-state index contributed by atoms with van der Waals surface area (Å²) in [6.07, 6.45) is 0.955. The standard InChI is InChI=1S/C20H16O/c1-3-13-5-8-16-17-9-6-14-10-12(2)4-7-15(14)19(17)20(21)18(16)11-13/h4-11H,3H2,1-2H3. The van der Waals surface area contributed by atoms with Crippen LogP contribution in [0.5, 0.6) is 0 Å². The predicted molar refractivity (Wildman–Crippen MR) is 86.9 cm³/mol. The summed E-state index contributed by atoms with van der Waals surface area (Å²) in [6, 6.07) is 16.8. The Morgan fingerprint density at radius 2 is 1.67 bits per heavy atom. The average Bonchev–Trinajstić information content (AvgIpc) is 2.79. The van der Waals surface area contributed by atoms with E-state index >= 15 is 0 Å². The van der Waals surface area contributed by atoms with E-state index in [1.165, 1.54) is 11.1 Å². The van der Waals surface area contributed by atoms with Gasteiger partial charge in [0, 0.05) is 11.1 Å². The molecule has 0 amide bonds. The smallest absolute Gasteiger partial charge is 0.194 e. The zero-order valence-corrected chi connectivity index (χ0v) is 12.2. The van der Waals surface area contributed by atoms with Crippen molar-refractivity contribution < 1.29 is 4.79 Å². The van der Waals surface area contributed by atoms with Crippen molar-refractivity contribution in [1.29, 1.82) is 0 Å². The molecule has 3 aromatic carbocycles. The fraction of sp³-hybridized carbons (Fsp3) is 0.150. The zero-order chi connectivity index (χ0) is 14.6. The van der Waals surface area contributed by atoms with Crippen LogP contribution in [0.4, 0.5) is 0 Å². The molecule has 1 aliphatic carbocycles. The minimum absolute atomic E-state index is 0.171. The number of ketones is 1. The van der Waals surface area contributed by atoms with E-state index in [0.29, 0.717) is 0 Å². The highest BCUT2D eigenvalue weighted by Crippen LogP contribution is 2.40. The maximum Gasteiger partial charge on any atom is 0.194 e. The summed E-state index contributed by atoms with van der Waals surface area (Å²) in [4.78, 5) is 12.9. The van der Waals surface area contributed by atoms with Crippen molar-refractivity contribution in [3.05, 3.63) is 70.8 Å². The number of carbonyl (C=O) groups is 1. The Balaban J connectivity index is 2.05. The molecular weight excluding hydrogens is 256 g/mol. The molecule has 0 N–H and O–H groups in total. The van der Waals surface area contributed by atoms with Gasteiger partial charge in [0.1, 0.15) is 0 Å². The summed E-state index contributed by atoms with van der Waals surface area (Å²) in [7, 11) is 0. The third-order valence-corrected chi connectivity index (χ3v) is 4.43. The van der Waals surface area contributed by atoms with Crippen molar-refractivity contribution in [2.45, 2.75) is 20.3 Å². The van der Waals surface area contributed by atoms with Crippen LogP contribution in [-0.4, -0.2) is 5.78 Å². The Hall–Kier alpha value is -2.41. The molecule has 0 bridgehead atoms. The van der Waals surface area contributed by atoms with Gasteiger partial charge in [0.2, 0.25) is 0 Å². The fourth-order valence-electron chi connectivity index (χ4n) is 3.29. The minimum Gasteiger partial charge on any atom is -0.289 e. The monoisotopic (exact) mass is 272 g/mol. The van der Waals surface area contributed by atoms with Crippen LogP contribution in [0.1, 0.15) is 34.0 Å². The van der Waals surface area contributed by atoms with Gasteiger partial charge < -0.3 is 0 Å². The van der Waals surface area contributed by atoms with Gasteiger partial charge >= 0.3 is 0 Å². The highest BCUT2D eigenvalue weighted by atomic mass is 16.1. The van der Waals surface area contributed by atoms with E-state index in [-0.39, 0.29) is 5.78 Å². The Kier molecular flexibility index (Phi) is 2.52. The summed E-state index contributed by atoms with van der Waals surface area (Å²) < 4.78 is 0. The van der Waals surface area contributed by atoms with Gasteiger partial charge in [0.05, 0.1) is 0 Å². The quantitative estimate of drug-likeness (QED) is 0.480. The summed E-state index contributed by atoms with van der Waals surface area (Å²) >= 11 is 0. The molecule has 0 saturated carbocycles. The molecule has 1 aliphatic rings. The lowest BCUT2D eigenvalue weighted by atomic mass is 9.97. The summed E-state index contributed by atoms with van der Waals surface area (Å²) in [5.74, 6) is 0.171. The maximum atomic E-state index is 12.9. The van der Waals surface area contributed by atoms with Crippen molar-refractivity contribution in [1.82, 2.24) is 0 Å². The molecule has 0 fully saturated rings. The lowest BCUT2D eigenvalue weighted by molar-refractivity contribution is 0.104. The van der Waals surface area contributed by atoms with E-state index in [1.54, 1.807) is 0 Å². The number of fused-ring (bicyclic) bond motifs is 5. The number of hydrogen-bond donors (Lipinski definition) is 0. The molecule has 4 rings (SSSR count). The number of hydrogen-bond acceptors (Lipinski definition) is 1. The predicted octanol–water partition coefficient (Wildman–Crippen LogP) is 4.92. The first-order valence-corrected chi connectivity index (χ1v) is 7.40. The Labute approximate surface area is 124 Å². The lowest BCUT2D eigenvalue weighted by Crippen LogP contribution is -1.97. The van der Waals surface area contributed by atoms with Gasteiger partial charge in [0.25, 0.3) is 0 Å². The van der Waals surface area contributed by atoms with E-state index in [4.69, 9.17) is 0 Å². The van der Waals surface area contributed by atoms with Gasteiger partial charge in [-0.15, -0.1) is 0 Å². The molecule has 0 saturated heterocycles. The van der Waals surface area contributed by atoms with E-state index in [1.807, 2.05) is 0 Å². The zero-order valence-electron chi connectivity index (χ0n) is 12.2. The van der Waals surface area contributed by atoms with Gasteiger partial charge in [-0.2, -0.15) is 0 Å². The average molecular weight is 272 g/mol. The van der Waals surface area contributed by atoms with Crippen molar-refractivity contribution in [2.24, 2.45) is 0 Å². The van der Waals surface area contributed by atoms with Crippen LogP contribution in [-0.2, 0) is 6.42 Å². The van der Waals surface area contributed by atoms with Crippen LogP contribution in [0.3, 0.4) is 0 Å². The van der Waals surface area contributed by atoms with Gasteiger partial charge in [-0.25, -0.2) is 0 Å². The van der Waals surface area contributed by atoms with Gasteiger partial charge in [-0.3, -0.25) is 4.79 Å². The fourth-order valence-corrected chi connectivity index (χ4v) is 3.29. The Bertz CT molecular complexity index is 903.